The van der Waals surface area contributed by atoms with E-state index in [9.17, 15) is 19.8 Å². The predicted molar refractivity (Wildman–Crippen MR) is 148 cm³/mol. The number of carbonyl (C=O) groups is 2. The van der Waals surface area contributed by atoms with Crippen molar-refractivity contribution in [2.75, 3.05) is 12.5 Å². The van der Waals surface area contributed by atoms with Crippen LogP contribution in [0.15, 0.2) is 102 Å². The van der Waals surface area contributed by atoms with Gasteiger partial charge in [0.2, 0.25) is 0 Å². The van der Waals surface area contributed by atoms with Gasteiger partial charge in [0.15, 0.2) is 11.6 Å². The lowest BCUT2D eigenvalue weighted by Gasteiger charge is -2.23. The summed E-state index contributed by atoms with van der Waals surface area (Å²) in [6, 6.07) is 22.1. The minimum atomic E-state index is -0.476. The third-order valence-electron chi connectivity index (χ3n) is 5.77. The zero-order valence-corrected chi connectivity index (χ0v) is 22.5. The topological polar surface area (TPSA) is 74.6 Å². The van der Waals surface area contributed by atoms with Crippen LogP contribution in [-0.4, -0.2) is 34.3 Å². The molecule has 0 saturated heterocycles. The molecule has 0 bridgehead atoms. The van der Waals surface area contributed by atoms with E-state index in [0.29, 0.717) is 9.79 Å². The largest absolute Gasteiger partial charge is 0.507 e. The molecular formula is C28H20O4S4. The second-order valence-electron chi connectivity index (χ2n) is 7.88. The SMILES string of the molecule is CSc1ccc(Sc2ccc(Sc3ccc(SC)cc3)c3c2C(=O)c2c(O)ccc(O)c2C3=O)cc1. The van der Waals surface area contributed by atoms with Crippen molar-refractivity contribution in [1.29, 1.82) is 0 Å². The Balaban J connectivity index is 1.66. The highest BCUT2D eigenvalue weighted by molar-refractivity contribution is 8.00. The predicted octanol–water partition coefficient (Wildman–Crippen LogP) is 7.62. The number of carbonyl (C=O) groups excluding carboxylic acids is 2. The van der Waals surface area contributed by atoms with Gasteiger partial charge in [-0.1, -0.05) is 23.5 Å². The number of phenols is 2. The Morgan fingerprint density at radius 2 is 0.806 bits per heavy atom. The molecule has 8 heteroatoms. The lowest BCUT2D eigenvalue weighted by molar-refractivity contribution is 0.0969. The van der Waals surface area contributed by atoms with Crippen LogP contribution < -0.4 is 0 Å². The maximum Gasteiger partial charge on any atom is 0.199 e. The molecular weight excluding hydrogens is 529 g/mol. The van der Waals surface area contributed by atoms with Crippen LogP contribution in [0.5, 0.6) is 11.5 Å². The Morgan fingerprint density at radius 3 is 1.14 bits per heavy atom. The van der Waals surface area contributed by atoms with Crippen molar-refractivity contribution in [2.24, 2.45) is 0 Å². The zero-order chi connectivity index (χ0) is 25.4. The fraction of sp³-hybridized carbons (Fsp3) is 0.0714. The van der Waals surface area contributed by atoms with Gasteiger partial charge in [-0.15, -0.1) is 23.5 Å². The molecule has 0 amide bonds. The van der Waals surface area contributed by atoms with E-state index in [4.69, 9.17) is 0 Å². The van der Waals surface area contributed by atoms with Crippen molar-refractivity contribution < 1.29 is 19.8 Å². The summed E-state index contributed by atoms with van der Waals surface area (Å²) in [5.74, 6) is -1.59. The summed E-state index contributed by atoms with van der Waals surface area (Å²) in [4.78, 5) is 32.9. The summed E-state index contributed by atoms with van der Waals surface area (Å²) in [5, 5.41) is 21.0. The second-order valence-corrected chi connectivity index (χ2v) is 11.9. The molecule has 4 aromatic rings. The number of ketones is 2. The first kappa shape index (κ1) is 24.9. The smallest absolute Gasteiger partial charge is 0.199 e. The number of fused-ring (bicyclic) bond motifs is 2. The first-order chi connectivity index (χ1) is 17.4. The van der Waals surface area contributed by atoms with E-state index >= 15 is 0 Å². The molecule has 180 valence electrons. The van der Waals surface area contributed by atoms with Crippen LogP contribution in [0, 0.1) is 0 Å². The van der Waals surface area contributed by atoms with E-state index in [-0.39, 0.29) is 33.8 Å². The Bertz CT molecular complexity index is 1380. The van der Waals surface area contributed by atoms with Crippen LogP contribution in [-0.2, 0) is 0 Å². The van der Waals surface area contributed by atoms with Crippen molar-refractivity contribution in [3.63, 3.8) is 0 Å². The molecule has 4 aromatic carbocycles. The fourth-order valence-electron chi connectivity index (χ4n) is 4.02. The first-order valence-electron chi connectivity index (χ1n) is 10.9. The van der Waals surface area contributed by atoms with Gasteiger partial charge in [-0.25, -0.2) is 0 Å². The van der Waals surface area contributed by atoms with Crippen LogP contribution in [0.25, 0.3) is 0 Å². The summed E-state index contributed by atoms with van der Waals surface area (Å²) < 4.78 is 0. The van der Waals surface area contributed by atoms with Crippen LogP contribution >= 0.6 is 47.0 Å². The second kappa shape index (κ2) is 10.3. The number of phenolic OH excluding ortho intramolecular Hbond substituents is 2. The van der Waals surface area contributed by atoms with E-state index in [0.717, 1.165) is 19.6 Å². The minimum Gasteiger partial charge on any atom is -0.507 e. The highest BCUT2D eigenvalue weighted by Crippen LogP contribution is 2.46. The van der Waals surface area contributed by atoms with Crippen LogP contribution in [0.3, 0.4) is 0 Å². The Labute approximate surface area is 225 Å². The van der Waals surface area contributed by atoms with E-state index in [2.05, 4.69) is 0 Å². The third kappa shape index (κ3) is 4.54. The van der Waals surface area contributed by atoms with Crippen LogP contribution in [0.2, 0.25) is 0 Å². The molecule has 0 aromatic heterocycles. The fourth-order valence-corrected chi connectivity index (χ4v) is 6.75. The van der Waals surface area contributed by atoms with Gasteiger partial charge in [-0.3, -0.25) is 9.59 Å². The summed E-state index contributed by atoms with van der Waals surface area (Å²) in [7, 11) is 0. The number of benzene rings is 4. The molecule has 0 saturated carbocycles. The quantitative estimate of drug-likeness (QED) is 0.166. The molecule has 1 aliphatic rings. The highest BCUT2D eigenvalue weighted by Gasteiger charge is 2.38. The van der Waals surface area contributed by atoms with E-state index in [1.807, 2.05) is 73.2 Å². The highest BCUT2D eigenvalue weighted by atomic mass is 32.2. The molecule has 4 nitrogen and oxygen atoms in total. The maximum atomic E-state index is 13.8. The number of aromatic hydroxyl groups is 2. The average Bonchev–Trinajstić information content (AvgIpc) is 2.90. The molecule has 0 heterocycles. The molecule has 0 fully saturated rings. The number of thioether (sulfide) groups is 2. The molecule has 0 atom stereocenters. The minimum absolute atomic E-state index is 0.154. The summed E-state index contributed by atoms with van der Waals surface area (Å²) >= 11 is 6.07. The van der Waals surface area contributed by atoms with Crippen molar-refractivity contribution in [3.8, 4) is 11.5 Å². The van der Waals surface area contributed by atoms with Crippen molar-refractivity contribution in [3.05, 3.63) is 95.1 Å². The van der Waals surface area contributed by atoms with Gasteiger partial charge in [-0.05, 0) is 85.3 Å². The Kier molecular flexibility index (Phi) is 7.12. The Morgan fingerprint density at radius 1 is 0.472 bits per heavy atom. The van der Waals surface area contributed by atoms with Crippen molar-refractivity contribution in [2.45, 2.75) is 29.4 Å². The summed E-state index contributed by atoms with van der Waals surface area (Å²) in [5.41, 5.74) is 0.188. The van der Waals surface area contributed by atoms with Gasteiger partial charge in [-0.2, -0.15) is 0 Å². The summed E-state index contributed by atoms with van der Waals surface area (Å²) in [6.07, 6.45) is 4.01. The molecule has 5 rings (SSSR count). The van der Waals surface area contributed by atoms with Gasteiger partial charge >= 0.3 is 0 Å². The number of hydrogen-bond donors (Lipinski definition) is 2. The third-order valence-corrected chi connectivity index (χ3v) is 9.40. The monoisotopic (exact) mass is 548 g/mol. The van der Waals surface area contributed by atoms with Crippen molar-refractivity contribution in [1.82, 2.24) is 0 Å². The molecule has 1 aliphatic carbocycles. The molecule has 0 spiro atoms. The maximum absolute atomic E-state index is 13.8. The van der Waals surface area contributed by atoms with Crippen LogP contribution in [0.1, 0.15) is 31.8 Å². The lowest BCUT2D eigenvalue weighted by atomic mass is 9.83. The summed E-state index contributed by atoms with van der Waals surface area (Å²) in [6.45, 7) is 0. The number of hydrogen-bond acceptors (Lipinski definition) is 8. The van der Waals surface area contributed by atoms with Gasteiger partial charge in [0.1, 0.15) is 11.5 Å². The molecule has 2 N–H and O–H groups in total. The van der Waals surface area contributed by atoms with Gasteiger partial charge in [0.05, 0.1) is 11.1 Å². The van der Waals surface area contributed by atoms with Gasteiger partial charge in [0.25, 0.3) is 0 Å². The lowest BCUT2D eigenvalue weighted by Crippen LogP contribution is -2.23. The Hall–Kier alpha value is -2.78. The molecule has 0 aliphatic heterocycles. The normalized spacial score (nSPS) is 12.4. The van der Waals surface area contributed by atoms with Gasteiger partial charge in [0, 0.05) is 40.5 Å². The molecule has 0 radical (unpaired) electrons. The first-order valence-corrected chi connectivity index (χ1v) is 14.9. The zero-order valence-electron chi connectivity index (χ0n) is 19.3. The van der Waals surface area contributed by atoms with Crippen LogP contribution in [0.4, 0.5) is 0 Å². The average molecular weight is 549 g/mol. The molecule has 0 unspecified atom stereocenters. The van der Waals surface area contributed by atoms with E-state index in [1.165, 1.54) is 35.7 Å². The van der Waals surface area contributed by atoms with E-state index < -0.39 is 11.6 Å². The molecule has 36 heavy (non-hydrogen) atoms. The standard InChI is InChI=1S/C28H20O4S4/c1-33-15-3-7-17(8-4-15)35-21-13-14-22(36-18-9-5-16(34-2)6-10-18)26-25(21)27(31)23-19(29)11-12-20(30)24(23)28(26)32/h3-14,29-30H,1-2H3. The van der Waals surface area contributed by atoms with Gasteiger partial charge < -0.3 is 10.2 Å². The van der Waals surface area contributed by atoms with Crippen molar-refractivity contribution >= 4 is 58.6 Å². The number of rotatable bonds is 6. The van der Waals surface area contributed by atoms with E-state index in [1.54, 1.807) is 23.5 Å².